The van der Waals surface area contributed by atoms with Crippen LogP contribution in [-0.4, -0.2) is 20.4 Å². The maximum atomic E-state index is 4.00. The number of aromatic amines is 2. The quantitative estimate of drug-likeness (QED) is 0.643. The molecule has 0 amide bonds. The van der Waals surface area contributed by atoms with Crippen molar-refractivity contribution in [1.29, 1.82) is 0 Å². The van der Waals surface area contributed by atoms with E-state index < -0.39 is 0 Å². The van der Waals surface area contributed by atoms with Crippen LogP contribution in [0.3, 0.4) is 0 Å². The molecule has 5 nitrogen and oxygen atoms in total. The van der Waals surface area contributed by atoms with Crippen LogP contribution in [0.2, 0.25) is 0 Å². The zero-order chi connectivity index (χ0) is 11.7. The highest BCUT2D eigenvalue weighted by atomic mass is 15.1. The number of nitrogens with zero attached hydrogens (tertiary/aromatic N) is 2. The van der Waals surface area contributed by atoms with E-state index in [9.17, 15) is 0 Å². The van der Waals surface area contributed by atoms with E-state index in [0.29, 0.717) is 0 Å². The second-order valence-corrected chi connectivity index (χ2v) is 4.07. The molecule has 0 saturated carbocycles. The summed E-state index contributed by atoms with van der Waals surface area (Å²) in [5.41, 5.74) is 3.24. The molecule has 2 heterocycles. The van der Waals surface area contributed by atoms with E-state index in [1.165, 1.54) is 0 Å². The van der Waals surface area contributed by atoms with Crippen molar-refractivity contribution in [3.05, 3.63) is 42.4 Å². The molecule has 2 aromatic heterocycles. The van der Waals surface area contributed by atoms with Crippen molar-refractivity contribution in [2.24, 2.45) is 0 Å². The molecule has 0 fully saturated rings. The highest BCUT2D eigenvalue weighted by Gasteiger charge is 2.06. The molecule has 0 radical (unpaired) electrons. The molecule has 1 aromatic carbocycles. The minimum absolute atomic E-state index is 0.217. The van der Waals surface area contributed by atoms with Crippen LogP contribution in [-0.2, 0) is 0 Å². The van der Waals surface area contributed by atoms with Crippen molar-refractivity contribution in [2.75, 3.05) is 5.32 Å². The van der Waals surface area contributed by atoms with Crippen LogP contribution in [0.1, 0.15) is 18.5 Å². The first-order valence-electron chi connectivity index (χ1n) is 5.51. The zero-order valence-corrected chi connectivity index (χ0v) is 9.44. The van der Waals surface area contributed by atoms with Crippen LogP contribution in [0, 0.1) is 0 Å². The van der Waals surface area contributed by atoms with Crippen molar-refractivity contribution >= 4 is 16.6 Å². The summed E-state index contributed by atoms with van der Waals surface area (Å²) in [4.78, 5) is 0. The van der Waals surface area contributed by atoms with Crippen LogP contribution < -0.4 is 5.32 Å². The second kappa shape index (κ2) is 3.93. The number of rotatable bonds is 3. The Morgan fingerprint density at radius 1 is 1.24 bits per heavy atom. The Kier molecular flexibility index (Phi) is 2.29. The number of hydrogen-bond donors (Lipinski definition) is 3. The van der Waals surface area contributed by atoms with Crippen LogP contribution in [0.4, 0.5) is 5.69 Å². The van der Waals surface area contributed by atoms with E-state index in [0.717, 1.165) is 22.2 Å². The van der Waals surface area contributed by atoms with Gasteiger partial charge in [-0.3, -0.25) is 10.2 Å². The molecule has 0 aliphatic heterocycles. The van der Waals surface area contributed by atoms with Gasteiger partial charge >= 0.3 is 0 Å². The van der Waals surface area contributed by atoms with E-state index in [1.807, 2.05) is 24.7 Å². The van der Waals surface area contributed by atoms with Gasteiger partial charge in [0.15, 0.2) is 0 Å². The van der Waals surface area contributed by atoms with Crippen LogP contribution in [0.25, 0.3) is 10.9 Å². The van der Waals surface area contributed by atoms with E-state index >= 15 is 0 Å². The van der Waals surface area contributed by atoms with Gasteiger partial charge in [-0.15, -0.1) is 0 Å². The molecule has 0 saturated heterocycles. The summed E-state index contributed by atoms with van der Waals surface area (Å²) < 4.78 is 0. The first-order chi connectivity index (χ1) is 8.33. The van der Waals surface area contributed by atoms with Crippen molar-refractivity contribution in [3.8, 4) is 0 Å². The predicted molar refractivity (Wildman–Crippen MR) is 66.7 cm³/mol. The Morgan fingerprint density at radius 2 is 2.18 bits per heavy atom. The Labute approximate surface area is 98.2 Å². The Morgan fingerprint density at radius 3 is 3.00 bits per heavy atom. The monoisotopic (exact) mass is 227 g/mol. The van der Waals surface area contributed by atoms with Gasteiger partial charge in [0.05, 0.1) is 24.0 Å². The minimum Gasteiger partial charge on any atom is -0.378 e. The number of hydrogen-bond acceptors (Lipinski definition) is 3. The summed E-state index contributed by atoms with van der Waals surface area (Å²) in [7, 11) is 0. The number of fused-ring (bicyclic) bond motifs is 1. The minimum atomic E-state index is 0.217. The van der Waals surface area contributed by atoms with Gasteiger partial charge in [-0.1, -0.05) is 0 Å². The van der Waals surface area contributed by atoms with Crippen LogP contribution >= 0.6 is 0 Å². The number of anilines is 1. The molecule has 0 aliphatic carbocycles. The van der Waals surface area contributed by atoms with Gasteiger partial charge in [0, 0.05) is 22.8 Å². The fourth-order valence-corrected chi connectivity index (χ4v) is 1.86. The molecule has 3 aromatic rings. The largest absolute Gasteiger partial charge is 0.378 e. The predicted octanol–water partition coefficient (Wildman–Crippen LogP) is 2.46. The van der Waals surface area contributed by atoms with Crippen molar-refractivity contribution in [2.45, 2.75) is 13.0 Å². The first kappa shape index (κ1) is 9.89. The van der Waals surface area contributed by atoms with Crippen molar-refractivity contribution in [1.82, 2.24) is 20.4 Å². The van der Waals surface area contributed by atoms with Crippen molar-refractivity contribution in [3.63, 3.8) is 0 Å². The maximum absolute atomic E-state index is 4.00. The van der Waals surface area contributed by atoms with Crippen LogP contribution in [0.5, 0.6) is 0 Å². The summed E-state index contributed by atoms with van der Waals surface area (Å²) >= 11 is 0. The van der Waals surface area contributed by atoms with Crippen LogP contribution in [0.15, 0.2) is 36.8 Å². The fraction of sp³-hybridized carbons (Fsp3) is 0.167. The van der Waals surface area contributed by atoms with E-state index in [4.69, 9.17) is 0 Å². The van der Waals surface area contributed by atoms with Gasteiger partial charge in [-0.2, -0.15) is 10.2 Å². The van der Waals surface area contributed by atoms with E-state index in [-0.39, 0.29) is 6.04 Å². The Bertz CT molecular complexity index is 611. The molecule has 3 N–H and O–H groups in total. The topological polar surface area (TPSA) is 69.4 Å². The Balaban J connectivity index is 1.84. The van der Waals surface area contributed by atoms with Gasteiger partial charge in [0.25, 0.3) is 0 Å². The average Bonchev–Trinajstić information content (AvgIpc) is 2.99. The molecule has 0 bridgehead atoms. The molecule has 17 heavy (non-hydrogen) atoms. The molecule has 1 atom stereocenters. The Hall–Kier alpha value is -2.30. The summed E-state index contributed by atoms with van der Waals surface area (Å²) in [5.74, 6) is 0. The van der Waals surface area contributed by atoms with E-state index in [1.54, 1.807) is 0 Å². The van der Waals surface area contributed by atoms with Crippen molar-refractivity contribution < 1.29 is 0 Å². The number of aromatic nitrogens is 4. The van der Waals surface area contributed by atoms with Gasteiger partial charge < -0.3 is 5.32 Å². The number of nitrogens with one attached hydrogen (secondary N) is 3. The molecule has 86 valence electrons. The smallest absolute Gasteiger partial charge is 0.0670 e. The molecule has 1 unspecified atom stereocenters. The summed E-state index contributed by atoms with van der Waals surface area (Å²) in [5, 5.41) is 18.3. The normalized spacial score (nSPS) is 12.8. The molecule has 3 rings (SSSR count). The number of H-pyrrole nitrogens is 2. The third-order valence-electron chi connectivity index (χ3n) is 2.84. The second-order valence-electron chi connectivity index (χ2n) is 4.07. The fourth-order valence-electron chi connectivity index (χ4n) is 1.86. The van der Waals surface area contributed by atoms with E-state index in [2.05, 4.69) is 44.8 Å². The van der Waals surface area contributed by atoms with Gasteiger partial charge in [-0.05, 0) is 25.1 Å². The molecule has 0 aliphatic rings. The third-order valence-corrected chi connectivity index (χ3v) is 2.84. The van der Waals surface area contributed by atoms with Gasteiger partial charge in [0.2, 0.25) is 0 Å². The summed E-state index contributed by atoms with van der Waals surface area (Å²) in [6, 6.07) is 6.37. The third kappa shape index (κ3) is 1.87. The van der Waals surface area contributed by atoms with Gasteiger partial charge in [-0.25, -0.2) is 0 Å². The molecular weight excluding hydrogens is 214 g/mol. The molecule has 5 heteroatoms. The highest BCUT2D eigenvalue weighted by molar-refractivity contribution is 5.81. The zero-order valence-electron chi connectivity index (χ0n) is 9.44. The lowest BCUT2D eigenvalue weighted by molar-refractivity contribution is 0.886. The lowest BCUT2D eigenvalue weighted by Gasteiger charge is -2.13. The van der Waals surface area contributed by atoms with Gasteiger partial charge in [0.1, 0.15) is 0 Å². The summed E-state index contributed by atoms with van der Waals surface area (Å²) in [6.07, 6.45) is 5.54. The first-order valence-corrected chi connectivity index (χ1v) is 5.51. The molecule has 0 spiro atoms. The average molecular weight is 227 g/mol. The maximum Gasteiger partial charge on any atom is 0.0670 e. The lowest BCUT2D eigenvalue weighted by atomic mass is 10.1. The standard InChI is InChI=1S/C12H13N5/c1-8(10-6-13-14-7-10)16-11-3-2-9-5-15-17-12(9)4-11/h2-8,16H,1H3,(H,13,14)(H,15,17). The number of benzene rings is 1. The molecular formula is C12H13N5. The summed E-state index contributed by atoms with van der Waals surface area (Å²) in [6.45, 7) is 2.10. The SMILES string of the molecule is CC(Nc1ccc2cn[nH]c2c1)c1cn[nH]c1. The lowest BCUT2D eigenvalue weighted by Crippen LogP contribution is -2.05. The highest BCUT2D eigenvalue weighted by Crippen LogP contribution is 2.21.